The molecule has 112 valence electrons. The van der Waals surface area contributed by atoms with Crippen molar-refractivity contribution < 1.29 is 9.47 Å². The number of nitrogens with two attached hydrogens (primary N) is 1. The summed E-state index contributed by atoms with van der Waals surface area (Å²) < 4.78 is 10.6. The van der Waals surface area contributed by atoms with Crippen LogP contribution in [0.5, 0.6) is 11.6 Å². The van der Waals surface area contributed by atoms with Crippen LogP contribution in [0.3, 0.4) is 0 Å². The van der Waals surface area contributed by atoms with Crippen molar-refractivity contribution in [1.29, 1.82) is 0 Å². The first-order valence-corrected chi connectivity index (χ1v) is 7.01. The fourth-order valence-corrected chi connectivity index (χ4v) is 1.98. The zero-order chi connectivity index (χ0) is 15.2. The van der Waals surface area contributed by atoms with E-state index in [0.29, 0.717) is 34.8 Å². The van der Waals surface area contributed by atoms with Crippen molar-refractivity contribution in [3.05, 3.63) is 35.4 Å². The molecule has 6 heteroatoms. The number of methoxy groups -OCH3 is 1. The summed E-state index contributed by atoms with van der Waals surface area (Å²) in [4.78, 5) is 4.34. The summed E-state index contributed by atoms with van der Waals surface area (Å²) in [6.45, 7) is 2.60. The van der Waals surface area contributed by atoms with Gasteiger partial charge in [-0.15, -0.1) is 0 Å². The Morgan fingerprint density at radius 2 is 2.10 bits per heavy atom. The van der Waals surface area contributed by atoms with E-state index in [1.54, 1.807) is 31.4 Å². The molecule has 2 rings (SSSR count). The van der Waals surface area contributed by atoms with Gasteiger partial charge in [0.05, 0.1) is 24.4 Å². The zero-order valence-corrected chi connectivity index (χ0v) is 12.8. The number of nitrogens with zero attached hydrogens (tertiary/aromatic N) is 1. The number of anilines is 3. The first-order chi connectivity index (χ1) is 10.1. The molecular weight excluding hydrogens is 290 g/mol. The molecule has 1 aromatic carbocycles. The molecule has 5 nitrogen and oxygen atoms in total. The Morgan fingerprint density at radius 1 is 1.29 bits per heavy atom. The molecular formula is C15H18ClN3O2. The minimum atomic E-state index is 0.432. The molecule has 0 aliphatic rings. The second kappa shape index (κ2) is 7.04. The van der Waals surface area contributed by atoms with Gasteiger partial charge in [-0.2, -0.15) is 4.98 Å². The monoisotopic (exact) mass is 307 g/mol. The Kier molecular flexibility index (Phi) is 5.11. The molecule has 2 aromatic rings. The maximum absolute atomic E-state index is 6.09. The predicted octanol–water partition coefficient (Wildman–Crippen LogP) is 3.86. The molecule has 0 radical (unpaired) electrons. The Hall–Kier alpha value is -2.14. The van der Waals surface area contributed by atoms with E-state index in [2.05, 4.69) is 10.3 Å². The van der Waals surface area contributed by atoms with Crippen LogP contribution in [0, 0.1) is 0 Å². The number of rotatable bonds is 6. The summed E-state index contributed by atoms with van der Waals surface area (Å²) in [7, 11) is 1.58. The Labute approximate surface area is 129 Å². The van der Waals surface area contributed by atoms with Crippen molar-refractivity contribution in [1.82, 2.24) is 4.98 Å². The number of ether oxygens (including phenoxy) is 2. The van der Waals surface area contributed by atoms with Gasteiger partial charge >= 0.3 is 0 Å². The van der Waals surface area contributed by atoms with Crippen molar-refractivity contribution in [3.63, 3.8) is 0 Å². The lowest BCUT2D eigenvalue weighted by Gasteiger charge is -2.11. The van der Waals surface area contributed by atoms with Gasteiger partial charge in [-0.3, -0.25) is 0 Å². The molecule has 0 atom stereocenters. The number of hydrogen-bond acceptors (Lipinski definition) is 5. The molecule has 21 heavy (non-hydrogen) atoms. The third-order valence-electron chi connectivity index (χ3n) is 2.76. The van der Waals surface area contributed by atoms with Crippen molar-refractivity contribution in [2.45, 2.75) is 13.3 Å². The lowest BCUT2D eigenvalue weighted by Crippen LogP contribution is -2.03. The van der Waals surface area contributed by atoms with E-state index >= 15 is 0 Å². The number of hydrogen-bond donors (Lipinski definition) is 2. The first-order valence-electron chi connectivity index (χ1n) is 6.64. The van der Waals surface area contributed by atoms with Gasteiger partial charge in [0.15, 0.2) is 0 Å². The molecule has 0 aliphatic carbocycles. The van der Waals surface area contributed by atoms with Crippen LogP contribution in [0.25, 0.3) is 0 Å². The second-order valence-corrected chi connectivity index (χ2v) is 4.82. The van der Waals surface area contributed by atoms with E-state index in [1.165, 1.54) is 0 Å². The predicted molar refractivity (Wildman–Crippen MR) is 85.7 cm³/mol. The van der Waals surface area contributed by atoms with Crippen LogP contribution in [0.15, 0.2) is 30.3 Å². The van der Waals surface area contributed by atoms with E-state index < -0.39 is 0 Å². The maximum atomic E-state index is 6.09. The van der Waals surface area contributed by atoms with Gasteiger partial charge in [0.2, 0.25) is 5.88 Å². The number of nitrogens with one attached hydrogen (secondary N) is 1. The van der Waals surface area contributed by atoms with Crippen molar-refractivity contribution in [2.75, 3.05) is 24.8 Å². The first kappa shape index (κ1) is 15.3. The highest BCUT2D eigenvalue weighted by Crippen LogP contribution is 2.29. The van der Waals surface area contributed by atoms with Crippen molar-refractivity contribution in [3.8, 4) is 11.6 Å². The Morgan fingerprint density at radius 3 is 2.76 bits per heavy atom. The van der Waals surface area contributed by atoms with Crippen LogP contribution in [-0.4, -0.2) is 18.7 Å². The minimum absolute atomic E-state index is 0.432. The van der Waals surface area contributed by atoms with Gasteiger partial charge in [0, 0.05) is 5.69 Å². The lowest BCUT2D eigenvalue weighted by atomic mass is 10.3. The van der Waals surface area contributed by atoms with Gasteiger partial charge in [-0.05, 0) is 36.8 Å². The molecule has 0 saturated carbocycles. The van der Waals surface area contributed by atoms with E-state index in [9.17, 15) is 0 Å². The quantitative estimate of drug-likeness (QED) is 0.848. The molecule has 0 amide bonds. The molecule has 1 heterocycles. The van der Waals surface area contributed by atoms with Crippen LogP contribution in [0.4, 0.5) is 17.2 Å². The highest BCUT2D eigenvalue weighted by atomic mass is 35.5. The summed E-state index contributed by atoms with van der Waals surface area (Å²) in [6.07, 6.45) is 0.896. The molecule has 0 fully saturated rings. The average molecular weight is 308 g/mol. The zero-order valence-electron chi connectivity index (χ0n) is 12.0. The molecule has 0 saturated heterocycles. The van der Waals surface area contributed by atoms with E-state index in [4.69, 9.17) is 26.8 Å². The Balaban J connectivity index is 2.17. The second-order valence-electron chi connectivity index (χ2n) is 4.41. The number of halogens is 1. The molecule has 0 aliphatic heterocycles. The summed E-state index contributed by atoms with van der Waals surface area (Å²) >= 11 is 6.09. The summed E-state index contributed by atoms with van der Waals surface area (Å²) in [5, 5.41) is 3.68. The normalized spacial score (nSPS) is 10.2. The largest absolute Gasteiger partial charge is 0.495 e. The third kappa shape index (κ3) is 3.92. The topological polar surface area (TPSA) is 69.4 Å². The van der Waals surface area contributed by atoms with Crippen molar-refractivity contribution in [2.24, 2.45) is 0 Å². The fraction of sp³-hybridized carbons (Fsp3) is 0.267. The van der Waals surface area contributed by atoms with Crippen LogP contribution in [0.2, 0.25) is 5.02 Å². The molecule has 3 N–H and O–H groups in total. The standard InChI is InChI=1S/C15H18ClN3O2/c1-3-8-21-15-12(17)5-7-14(19-15)18-10-4-6-13(20-2)11(16)9-10/h4-7,9H,3,8,17H2,1-2H3,(H,18,19). The van der Waals surface area contributed by atoms with Gasteiger partial charge < -0.3 is 20.5 Å². The highest BCUT2D eigenvalue weighted by molar-refractivity contribution is 6.32. The van der Waals surface area contributed by atoms with Gasteiger partial charge in [0.1, 0.15) is 11.6 Å². The lowest BCUT2D eigenvalue weighted by molar-refractivity contribution is 0.307. The summed E-state index contributed by atoms with van der Waals surface area (Å²) in [6, 6.07) is 8.95. The van der Waals surface area contributed by atoms with E-state index in [-0.39, 0.29) is 0 Å². The van der Waals surface area contributed by atoms with Crippen molar-refractivity contribution >= 4 is 28.8 Å². The number of benzene rings is 1. The highest BCUT2D eigenvalue weighted by Gasteiger charge is 2.06. The van der Waals surface area contributed by atoms with Gasteiger partial charge in [-0.1, -0.05) is 18.5 Å². The smallest absolute Gasteiger partial charge is 0.239 e. The molecule has 0 spiro atoms. The molecule has 0 bridgehead atoms. The van der Waals surface area contributed by atoms with E-state index in [1.807, 2.05) is 13.0 Å². The molecule has 1 aromatic heterocycles. The van der Waals surface area contributed by atoms with E-state index in [0.717, 1.165) is 12.1 Å². The number of pyridine rings is 1. The van der Waals surface area contributed by atoms with Gasteiger partial charge in [0.25, 0.3) is 0 Å². The minimum Gasteiger partial charge on any atom is -0.495 e. The fourth-order valence-electron chi connectivity index (χ4n) is 1.73. The van der Waals surface area contributed by atoms with Crippen LogP contribution < -0.4 is 20.5 Å². The SMILES string of the molecule is CCCOc1nc(Nc2ccc(OC)c(Cl)c2)ccc1N. The summed E-state index contributed by atoms with van der Waals surface area (Å²) in [5.41, 5.74) is 7.15. The number of aromatic nitrogens is 1. The summed E-state index contributed by atoms with van der Waals surface area (Å²) in [5.74, 6) is 1.69. The van der Waals surface area contributed by atoms with Crippen LogP contribution in [-0.2, 0) is 0 Å². The molecule has 0 unspecified atom stereocenters. The van der Waals surface area contributed by atoms with Gasteiger partial charge in [-0.25, -0.2) is 0 Å². The number of nitrogen functional groups attached to an aromatic ring is 1. The average Bonchev–Trinajstić information content (AvgIpc) is 2.48. The Bertz CT molecular complexity index is 620. The third-order valence-corrected chi connectivity index (χ3v) is 3.05. The maximum Gasteiger partial charge on any atom is 0.239 e. The van der Waals surface area contributed by atoms with Crippen LogP contribution in [0.1, 0.15) is 13.3 Å². The van der Waals surface area contributed by atoms with Crippen LogP contribution >= 0.6 is 11.6 Å².